The van der Waals surface area contributed by atoms with Crippen molar-refractivity contribution in [2.24, 2.45) is 0 Å². The van der Waals surface area contributed by atoms with Gasteiger partial charge in [-0.15, -0.1) is 0 Å². The van der Waals surface area contributed by atoms with Gasteiger partial charge in [-0.05, 0) is 36.4 Å². The van der Waals surface area contributed by atoms with E-state index in [0.29, 0.717) is 11.4 Å². The quantitative estimate of drug-likeness (QED) is 0.580. The monoisotopic (exact) mass is 387 g/mol. The van der Waals surface area contributed by atoms with E-state index in [-0.39, 0.29) is 30.4 Å². The lowest BCUT2D eigenvalue weighted by Crippen LogP contribution is -2.15. The van der Waals surface area contributed by atoms with Crippen molar-refractivity contribution >= 4 is 23.1 Å². The molecule has 8 heteroatoms. The van der Waals surface area contributed by atoms with Gasteiger partial charge in [-0.3, -0.25) is 4.79 Å². The van der Waals surface area contributed by atoms with Crippen LogP contribution in [-0.2, 0) is 4.79 Å². The second-order valence-electron chi connectivity index (χ2n) is 5.74. The summed E-state index contributed by atoms with van der Waals surface area (Å²) in [5.41, 5.74) is 0.183. The lowest BCUT2D eigenvalue weighted by molar-refractivity contribution is -0.116. The van der Waals surface area contributed by atoms with Gasteiger partial charge in [0, 0.05) is 0 Å². The summed E-state index contributed by atoms with van der Waals surface area (Å²) in [5, 5.41) is 5.20. The van der Waals surface area contributed by atoms with Crippen molar-refractivity contribution < 1.29 is 22.7 Å². The van der Waals surface area contributed by atoms with Gasteiger partial charge in [0.2, 0.25) is 5.91 Å². The average molecular weight is 387 g/mol. The number of nitrogens with zero attached hydrogens (tertiary/aromatic N) is 1. The highest BCUT2D eigenvalue weighted by molar-refractivity contribution is 5.90. The average Bonchev–Trinajstić information content (AvgIpc) is 2.71. The number of hydrogen-bond acceptors (Lipinski definition) is 4. The fourth-order valence-electron chi connectivity index (χ4n) is 2.30. The molecule has 2 aromatic carbocycles. The highest BCUT2D eigenvalue weighted by atomic mass is 19.2. The van der Waals surface area contributed by atoms with Crippen LogP contribution in [0.15, 0.2) is 60.8 Å². The zero-order valence-corrected chi connectivity index (χ0v) is 14.6. The standard InChI is InChI=1S/C20H16F3N3O2/c21-15-7-8-16(20(23)19(15)22)26-17-9-6-13(12-24-17)25-18(27)10-11-28-14-4-2-1-3-5-14/h1-9,12H,10-11H2,(H,24,26)(H,25,27). The predicted molar refractivity (Wildman–Crippen MR) is 99.0 cm³/mol. The maximum atomic E-state index is 13.7. The van der Waals surface area contributed by atoms with Crippen LogP contribution in [0.2, 0.25) is 0 Å². The molecule has 0 fully saturated rings. The number of halogens is 3. The third-order valence-corrected chi connectivity index (χ3v) is 3.69. The van der Waals surface area contributed by atoms with Crippen LogP contribution in [0.1, 0.15) is 6.42 Å². The number of benzene rings is 2. The Morgan fingerprint density at radius 3 is 2.46 bits per heavy atom. The molecule has 0 unspecified atom stereocenters. The summed E-state index contributed by atoms with van der Waals surface area (Å²) in [4.78, 5) is 15.9. The van der Waals surface area contributed by atoms with Crippen LogP contribution in [0.4, 0.5) is 30.4 Å². The number of carbonyl (C=O) groups is 1. The largest absolute Gasteiger partial charge is 0.493 e. The highest BCUT2D eigenvalue weighted by Crippen LogP contribution is 2.23. The summed E-state index contributed by atoms with van der Waals surface area (Å²) in [6.07, 6.45) is 1.50. The molecule has 144 valence electrons. The minimum atomic E-state index is -1.56. The summed E-state index contributed by atoms with van der Waals surface area (Å²) in [6, 6.07) is 14.0. The third-order valence-electron chi connectivity index (χ3n) is 3.69. The highest BCUT2D eigenvalue weighted by Gasteiger charge is 2.13. The number of pyridine rings is 1. The van der Waals surface area contributed by atoms with Gasteiger partial charge in [-0.1, -0.05) is 18.2 Å². The normalized spacial score (nSPS) is 10.4. The fraction of sp³-hybridized carbons (Fsp3) is 0.100. The van der Waals surface area contributed by atoms with Gasteiger partial charge >= 0.3 is 0 Å². The van der Waals surface area contributed by atoms with E-state index < -0.39 is 17.5 Å². The van der Waals surface area contributed by atoms with E-state index in [9.17, 15) is 18.0 Å². The summed E-state index contributed by atoms with van der Waals surface area (Å²) in [7, 11) is 0. The van der Waals surface area contributed by atoms with E-state index in [4.69, 9.17) is 4.74 Å². The zero-order chi connectivity index (χ0) is 19.9. The minimum Gasteiger partial charge on any atom is -0.493 e. The molecule has 1 aromatic heterocycles. The molecule has 0 atom stereocenters. The van der Waals surface area contributed by atoms with E-state index >= 15 is 0 Å². The summed E-state index contributed by atoms with van der Waals surface area (Å²) < 4.78 is 45.3. The molecule has 1 amide bonds. The first-order valence-corrected chi connectivity index (χ1v) is 8.37. The van der Waals surface area contributed by atoms with Crippen LogP contribution in [-0.4, -0.2) is 17.5 Å². The van der Waals surface area contributed by atoms with Gasteiger partial charge in [-0.2, -0.15) is 0 Å². The van der Waals surface area contributed by atoms with E-state index in [2.05, 4.69) is 15.6 Å². The number of rotatable bonds is 7. The lowest BCUT2D eigenvalue weighted by atomic mass is 10.2. The molecule has 0 aliphatic heterocycles. The number of ether oxygens (including phenoxy) is 1. The number of nitrogens with one attached hydrogen (secondary N) is 2. The van der Waals surface area contributed by atoms with Crippen molar-refractivity contribution in [3.63, 3.8) is 0 Å². The van der Waals surface area contributed by atoms with Gasteiger partial charge in [0.1, 0.15) is 11.6 Å². The molecule has 0 saturated heterocycles. The van der Waals surface area contributed by atoms with Crippen LogP contribution in [0.5, 0.6) is 5.75 Å². The minimum absolute atomic E-state index is 0.148. The Balaban J connectivity index is 1.51. The molecule has 5 nitrogen and oxygen atoms in total. The molecule has 0 aliphatic carbocycles. The van der Waals surface area contributed by atoms with Crippen molar-refractivity contribution in [1.82, 2.24) is 4.98 Å². The first-order chi connectivity index (χ1) is 13.5. The fourth-order valence-corrected chi connectivity index (χ4v) is 2.30. The number of anilines is 3. The van der Waals surface area contributed by atoms with Gasteiger partial charge in [0.05, 0.1) is 30.6 Å². The Morgan fingerprint density at radius 1 is 0.964 bits per heavy atom. The van der Waals surface area contributed by atoms with Crippen molar-refractivity contribution in [3.05, 3.63) is 78.2 Å². The third kappa shape index (κ3) is 5.00. The summed E-state index contributed by atoms with van der Waals surface area (Å²) in [6.45, 7) is 0.221. The second-order valence-corrected chi connectivity index (χ2v) is 5.74. The number of hydrogen-bond donors (Lipinski definition) is 2. The first-order valence-electron chi connectivity index (χ1n) is 8.37. The van der Waals surface area contributed by atoms with Crippen molar-refractivity contribution in [2.45, 2.75) is 6.42 Å². The van der Waals surface area contributed by atoms with Crippen LogP contribution < -0.4 is 15.4 Å². The Morgan fingerprint density at radius 2 is 1.75 bits per heavy atom. The molecule has 0 bridgehead atoms. The molecule has 0 radical (unpaired) electrons. The molecular formula is C20H16F3N3O2. The molecule has 0 aliphatic rings. The van der Waals surface area contributed by atoms with Crippen molar-refractivity contribution in [1.29, 1.82) is 0 Å². The van der Waals surface area contributed by atoms with Crippen LogP contribution >= 0.6 is 0 Å². The Kier molecular flexibility index (Phi) is 6.11. The Hall–Kier alpha value is -3.55. The molecule has 3 rings (SSSR count). The maximum Gasteiger partial charge on any atom is 0.227 e. The van der Waals surface area contributed by atoms with E-state index in [1.54, 1.807) is 18.2 Å². The smallest absolute Gasteiger partial charge is 0.227 e. The number of para-hydroxylation sites is 1. The van der Waals surface area contributed by atoms with Crippen LogP contribution in [0.3, 0.4) is 0 Å². The molecule has 2 N–H and O–H groups in total. The summed E-state index contributed by atoms with van der Waals surface area (Å²) >= 11 is 0. The van der Waals surface area contributed by atoms with Crippen molar-refractivity contribution in [3.8, 4) is 5.75 Å². The topological polar surface area (TPSA) is 63.2 Å². The van der Waals surface area contributed by atoms with Crippen LogP contribution in [0.25, 0.3) is 0 Å². The van der Waals surface area contributed by atoms with Gasteiger partial charge in [0.25, 0.3) is 0 Å². The molecule has 0 spiro atoms. The van der Waals surface area contributed by atoms with Gasteiger partial charge < -0.3 is 15.4 Å². The molecule has 0 saturated carbocycles. The Labute approximate surface area is 159 Å². The summed E-state index contributed by atoms with van der Waals surface area (Å²) in [5.74, 6) is -3.55. The predicted octanol–water partition coefficient (Wildman–Crippen LogP) is 4.65. The SMILES string of the molecule is O=C(CCOc1ccccc1)Nc1ccc(Nc2ccc(F)c(F)c2F)nc1. The number of aromatic nitrogens is 1. The lowest BCUT2D eigenvalue weighted by Gasteiger charge is -2.09. The number of amides is 1. The van der Waals surface area contributed by atoms with Gasteiger partial charge in [-0.25, -0.2) is 18.2 Å². The molecular weight excluding hydrogens is 371 g/mol. The maximum absolute atomic E-state index is 13.7. The first kappa shape index (κ1) is 19.2. The van der Waals surface area contributed by atoms with E-state index in [1.165, 1.54) is 12.3 Å². The molecule has 28 heavy (non-hydrogen) atoms. The second kappa shape index (κ2) is 8.90. The number of carbonyl (C=O) groups excluding carboxylic acids is 1. The molecule has 1 heterocycles. The van der Waals surface area contributed by atoms with E-state index in [1.807, 2.05) is 18.2 Å². The molecule has 3 aromatic rings. The Bertz CT molecular complexity index is 951. The van der Waals surface area contributed by atoms with E-state index in [0.717, 1.165) is 12.1 Å². The van der Waals surface area contributed by atoms with Crippen LogP contribution in [0, 0.1) is 17.5 Å². The van der Waals surface area contributed by atoms with Gasteiger partial charge in [0.15, 0.2) is 17.5 Å². The van der Waals surface area contributed by atoms with Crippen molar-refractivity contribution in [2.75, 3.05) is 17.2 Å². The zero-order valence-electron chi connectivity index (χ0n) is 14.6.